The van der Waals surface area contributed by atoms with Crippen LogP contribution in [0.4, 0.5) is 5.69 Å². The van der Waals surface area contributed by atoms with Crippen LogP contribution in [0.1, 0.15) is 6.92 Å². The molecule has 132 valence electrons. The number of benzene rings is 1. The third kappa shape index (κ3) is 4.80. The Morgan fingerprint density at radius 3 is 2.46 bits per heavy atom. The van der Waals surface area contributed by atoms with Crippen LogP contribution in [0.25, 0.3) is 0 Å². The van der Waals surface area contributed by atoms with Crippen molar-refractivity contribution >= 4 is 15.7 Å². The molecule has 24 heavy (non-hydrogen) atoms. The van der Waals surface area contributed by atoms with Crippen LogP contribution in [0, 0.1) is 10.1 Å². The Hall–Kier alpha value is -2.39. The molecule has 9 heteroatoms. The summed E-state index contributed by atoms with van der Waals surface area (Å²) in [6.07, 6.45) is 1.62. The fraction of sp³-hybridized carbons (Fsp3) is 0.333. The predicted molar refractivity (Wildman–Crippen MR) is 92.8 cm³/mol. The highest BCUT2D eigenvalue weighted by Crippen LogP contribution is 2.21. The van der Waals surface area contributed by atoms with Crippen LogP contribution in [0.2, 0.25) is 0 Å². The Labute approximate surface area is 142 Å². The second-order valence-electron chi connectivity index (χ2n) is 5.05. The van der Waals surface area contributed by atoms with Crippen molar-refractivity contribution in [2.45, 2.75) is 17.9 Å². The zero-order chi connectivity index (χ0) is 18.3. The molecule has 1 aromatic rings. The number of nitrogens with zero attached hydrogens (tertiary/aromatic N) is 2. The molecule has 1 unspecified atom stereocenters. The van der Waals surface area contributed by atoms with Crippen molar-refractivity contribution in [3.63, 3.8) is 0 Å². The number of sulfonamides is 1. The number of hydrogen-bond donors (Lipinski definition) is 2. The van der Waals surface area contributed by atoms with Crippen LogP contribution < -0.4 is 10.6 Å². The van der Waals surface area contributed by atoms with Crippen molar-refractivity contribution in [2.24, 2.45) is 0 Å². The number of nitro benzene ring substituents is 1. The van der Waals surface area contributed by atoms with Gasteiger partial charge in [0.2, 0.25) is 0 Å². The minimum Gasteiger partial charge on any atom is -0.366 e. The SMILES string of the molecule is C=CC(C)NC(=C)N(CCNC)S(=O)(=O)c1ccc([N+](=O)[O-])cc1. The van der Waals surface area contributed by atoms with Gasteiger partial charge in [0.25, 0.3) is 15.7 Å². The predicted octanol–water partition coefficient (Wildman–Crippen LogP) is 1.44. The van der Waals surface area contributed by atoms with E-state index in [1.54, 1.807) is 13.1 Å². The van der Waals surface area contributed by atoms with E-state index < -0.39 is 14.9 Å². The Bertz CT molecular complexity index is 701. The van der Waals surface area contributed by atoms with E-state index in [0.29, 0.717) is 6.54 Å². The molecule has 0 amide bonds. The van der Waals surface area contributed by atoms with E-state index in [2.05, 4.69) is 23.8 Å². The average Bonchev–Trinajstić information content (AvgIpc) is 2.54. The van der Waals surface area contributed by atoms with Crippen molar-refractivity contribution in [3.05, 3.63) is 59.4 Å². The second-order valence-corrected chi connectivity index (χ2v) is 6.91. The van der Waals surface area contributed by atoms with E-state index in [1.807, 2.05) is 6.92 Å². The standard InChI is InChI=1S/C15H22N4O4S/c1-5-12(2)17-13(3)18(11-10-16-4)24(22,23)15-8-6-14(7-9-15)19(20)21/h5-9,12,16-17H,1,3,10-11H2,2,4H3. The first-order valence-corrected chi connectivity index (χ1v) is 8.67. The van der Waals surface area contributed by atoms with Crippen LogP contribution >= 0.6 is 0 Å². The molecule has 0 saturated heterocycles. The van der Waals surface area contributed by atoms with Gasteiger partial charge < -0.3 is 10.6 Å². The second kappa shape index (κ2) is 8.46. The summed E-state index contributed by atoms with van der Waals surface area (Å²) in [6.45, 7) is 9.80. The summed E-state index contributed by atoms with van der Waals surface area (Å²) >= 11 is 0. The largest absolute Gasteiger partial charge is 0.366 e. The van der Waals surface area contributed by atoms with Gasteiger partial charge in [0.05, 0.1) is 9.82 Å². The van der Waals surface area contributed by atoms with Crippen LogP contribution in [0.5, 0.6) is 0 Å². The molecule has 0 aliphatic carbocycles. The van der Waals surface area contributed by atoms with Gasteiger partial charge in [-0.1, -0.05) is 12.7 Å². The molecule has 1 atom stereocenters. The lowest BCUT2D eigenvalue weighted by Crippen LogP contribution is -2.41. The summed E-state index contributed by atoms with van der Waals surface area (Å²) < 4.78 is 26.8. The molecule has 0 heterocycles. The molecule has 0 spiro atoms. The molecule has 1 aromatic carbocycles. The van der Waals surface area contributed by atoms with Gasteiger partial charge >= 0.3 is 0 Å². The number of hydrogen-bond acceptors (Lipinski definition) is 6. The van der Waals surface area contributed by atoms with Gasteiger partial charge in [-0.15, -0.1) is 6.58 Å². The Morgan fingerprint density at radius 2 is 2.00 bits per heavy atom. The van der Waals surface area contributed by atoms with Gasteiger partial charge in [0.1, 0.15) is 5.82 Å². The molecule has 2 N–H and O–H groups in total. The topological polar surface area (TPSA) is 105 Å². The molecular formula is C15H22N4O4S. The van der Waals surface area contributed by atoms with Crippen LogP contribution in [-0.2, 0) is 10.0 Å². The van der Waals surface area contributed by atoms with Gasteiger partial charge in [-0.25, -0.2) is 8.42 Å². The average molecular weight is 354 g/mol. The van der Waals surface area contributed by atoms with E-state index in [9.17, 15) is 18.5 Å². The van der Waals surface area contributed by atoms with Crippen LogP contribution in [0.15, 0.2) is 54.2 Å². The third-order valence-electron chi connectivity index (χ3n) is 3.25. The van der Waals surface area contributed by atoms with Crippen LogP contribution in [0.3, 0.4) is 0 Å². The van der Waals surface area contributed by atoms with E-state index in [-0.39, 0.29) is 29.0 Å². The summed E-state index contributed by atoms with van der Waals surface area (Å²) in [7, 11) is -2.19. The lowest BCUT2D eigenvalue weighted by Gasteiger charge is -2.28. The van der Waals surface area contributed by atoms with Crippen molar-refractivity contribution in [1.82, 2.24) is 14.9 Å². The third-order valence-corrected chi connectivity index (χ3v) is 5.10. The monoisotopic (exact) mass is 354 g/mol. The Morgan fingerprint density at radius 1 is 1.42 bits per heavy atom. The molecule has 0 radical (unpaired) electrons. The highest BCUT2D eigenvalue weighted by atomic mass is 32.2. The zero-order valence-corrected chi connectivity index (χ0v) is 14.5. The number of likely N-dealkylation sites (N-methyl/N-ethyl adjacent to an activating group) is 1. The number of nitro groups is 1. The highest BCUT2D eigenvalue weighted by Gasteiger charge is 2.26. The van der Waals surface area contributed by atoms with Crippen molar-refractivity contribution in [3.8, 4) is 0 Å². The lowest BCUT2D eigenvalue weighted by molar-refractivity contribution is -0.384. The quantitative estimate of drug-likeness (QED) is 0.374. The fourth-order valence-electron chi connectivity index (χ4n) is 1.87. The van der Waals surface area contributed by atoms with E-state index >= 15 is 0 Å². The lowest BCUT2D eigenvalue weighted by atomic mass is 10.3. The van der Waals surface area contributed by atoms with Crippen molar-refractivity contribution < 1.29 is 13.3 Å². The number of nitrogens with one attached hydrogen (secondary N) is 2. The van der Waals surface area contributed by atoms with Gasteiger partial charge in [0.15, 0.2) is 0 Å². The van der Waals surface area contributed by atoms with Gasteiger partial charge in [-0.3, -0.25) is 14.4 Å². The first-order chi connectivity index (χ1) is 11.2. The highest BCUT2D eigenvalue weighted by molar-refractivity contribution is 7.89. The van der Waals surface area contributed by atoms with Gasteiger partial charge in [-0.2, -0.15) is 0 Å². The smallest absolute Gasteiger partial charge is 0.269 e. The molecule has 0 bridgehead atoms. The number of rotatable bonds is 10. The zero-order valence-electron chi connectivity index (χ0n) is 13.7. The van der Waals surface area contributed by atoms with Gasteiger partial charge in [-0.05, 0) is 26.1 Å². The first kappa shape index (κ1) is 19.7. The Balaban J connectivity index is 3.15. The molecule has 0 aromatic heterocycles. The normalized spacial score (nSPS) is 12.2. The molecule has 8 nitrogen and oxygen atoms in total. The van der Waals surface area contributed by atoms with E-state index in [4.69, 9.17) is 0 Å². The molecule has 0 fully saturated rings. The molecular weight excluding hydrogens is 332 g/mol. The maximum Gasteiger partial charge on any atom is 0.269 e. The fourth-order valence-corrected chi connectivity index (χ4v) is 3.28. The maximum absolute atomic E-state index is 12.8. The van der Waals surface area contributed by atoms with Crippen LogP contribution in [-0.4, -0.2) is 43.8 Å². The number of non-ortho nitro benzene ring substituents is 1. The molecule has 0 saturated carbocycles. The summed E-state index contributed by atoms with van der Waals surface area (Å²) in [5, 5.41) is 16.5. The van der Waals surface area contributed by atoms with Gasteiger partial charge in [0, 0.05) is 31.3 Å². The molecule has 1 rings (SSSR count). The minimum atomic E-state index is -3.89. The first-order valence-electron chi connectivity index (χ1n) is 7.23. The molecule has 0 aliphatic heterocycles. The summed E-state index contributed by atoms with van der Waals surface area (Å²) in [6, 6.07) is 4.58. The Kier molecular flexibility index (Phi) is 6.93. The minimum absolute atomic E-state index is 0.0431. The summed E-state index contributed by atoms with van der Waals surface area (Å²) in [5.74, 6) is 0.205. The maximum atomic E-state index is 12.8. The van der Waals surface area contributed by atoms with Crippen molar-refractivity contribution in [2.75, 3.05) is 20.1 Å². The van der Waals surface area contributed by atoms with Crippen molar-refractivity contribution in [1.29, 1.82) is 0 Å². The van der Waals surface area contributed by atoms with E-state index in [1.165, 1.54) is 12.1 Å². The summed E-state index contributed by atoms with van der Waals surface area (Å²) in [5.41, 5.74) is -0.173. The van der Waals surface area contributed by atoms with E-state index in [0.717, 1.165) is 16.4 Å². The molecule has 0 aliphatic rings. The summed E-state index contributed by atoms with van der Waals surface area (Å²) in [4.78, 5) is 10.1.